The van der Waals surface area contributed by atoms with Crippen molar-refractivity contribution in [2.75, 3.05) is 53.6 Å². The van der Waals surface area contributed by atoms with Gasteiger partial charge in [0.15, 0.2) is 23.0 Å². The average molecular weight is 493 g/mol. The number of hydrogen-bond donors (Lipinski definition) is 1. The lowest BCUT2D eigenvalue weighted by Crippen LogP contribution is -2.43. The van der Waals surface area contributed by atoms with Crippen LogP contribution in [-0.2, 0) is 9.53 Å². The first-order valence-electron chi connectivity index (χ1n) is 11.8. The van der Waals surface area contributed by atoms with Crippen LogP contribution < -0.4 is 9.47 Å². The fraction of sp³-hybridized carbons (Fsp3) is 0.333. The molecular weight excluding hydrogens is 464 g/mol. The molecule has 0 saturated carbocycles. The quantitative estimate of drug-likeness (QED) is 0.478. The molecule has 0 spiro atoms. The highest BCUT2D eigenvalue weighted by Crippen LogP contribution is 2.42. The molecule has 36 heavy (non-hydrogen) atoms. The van der Waals surface area contributed by atoms with Crippen LogP contribution in [0, 0.1) is 0 Å². The van der Waals surface area contributed by atoms with Gasteiger partial charge in [-0.05, 0) is 29.8 Å². The van der Waals surface area contributed by atoms with E-state index in [-0.39, 0.29) is 11.3 Å². The highest BCUT2D eigenvalue weighted by Gasteiger charge is 2.44. The lowest BCUT2D eigenvalue weighted by molar-refractivity contribution is -0.129. The van der Waals surface area contributed by atoms with Crippen molar-refractivity contribution < 1.29 is 33.3 Å². The minimum absolute atomic E-state index is 0.0201. The van der Waals surface area contributed by atoms with Crippen molar-refractivity contribution in [1.29, 1.82) is 0 Å². The Hall–Kier alpha value is -3.82. The number of methoxy groups -OCH3 is 2. The van der Waals surface area contributed by atoms with E-state index in [0.29, 0.717) is 48.9 Å². The summed E-state index contributed by atoms with van der Waals surface area (Å²) in [6.07, 6.45) is 0. The van der Waals surface area contributed by atoms with Gasteiger partial charge >= 0.3 is 0 Å². The third-order valence-electron chi connectivity index (χ3n) is 6.68. The van der Waals surface area contributed by atoms with Gasteiger partial charge in [-0.25, -0.2) is 0 Å². The molecule has 9 heteroatoms. The fourth-order valence-electron chi connectivity index (χ4n) is 4.79. The predicted molar refractivity (Wildman–Crippen MR) is 131 cm³/mol. The van der Waals surface area contributed by atoms with E-state index in [1.807, 2.05) is 18.2 Å². The third-order valence-corrected chi connectivity index (χ3v) is 6.68. The van der Waals surface area contributed by atoms with Crippen molar-refractivity contribution in [3.05, 3.63) is 71.2 Å². The Morgan fingerprint density at radius 1 is 1.03 bits per heavy atom. The molecule has 5 rings (SSSR count). The maximum atomic E-state index is 13.7. The Morgan fingerprint density at radius 2 is 1.78 bits per heavy atom. The van der Waals surface area contributed by atoms with Gasteiger partial charge in [-0.2, -0.15) is 0 Å². The molecule has 3 aromatic rings. The van der Waals surface area contributed by atoms with Crippen LogP contribution >= 0.6 is 0 Å². The molecule has 0 aliphatic carbocycles. The van der Waals surface area contributed by atoms with E-state index in [2.05, 4.69) is 4.90 Å². The van der Waals surface area contributed by atoms with E-state index in [1.165, 1.54) is 19.1 Å². The smallest absolute Gasteiger partial charge is 0.290 e. The first-order valence-corrected chi connectivity index (χ1v) is 11.8. The Bertz CT molecular complexity index is 1290. The van der Waals surface area contributed by atoms with Gasteiger partial charge in [-0.3, -0.25) is 14.5 Å². The average Bonchev–Trinajstić information content (AvgIpc) is 3.46. The molecule has 3 heterocycles. The Labute approximate surface area is 208 Å². The van der Waals surface area contributed by atoms with Crippen LogP contribution in [0.4, 0.5) is 0 Å². The number of fused-ring (bicyclic) bond motifs is 1. The summed E-state index contributed by atoms with van der Waals surface area (Å²) >= 11 is 0. The van der Waals surface area contributed by atoms with Crippen molar-refractivity contribution in [3.8, 4) is 11.5 Å². The maximum absolute atomic E-state index is 13.7. The number of morpholine rings is 1. The molecule has 0 unspecified atom stereocenters. The van der Waals surface area contributed by atoms with Crippen LogP contribution in [0.15, 0.2) is 64.3 Å². The monoisotopic (exact) mass is 492 g/mol. The molecule has 1 amide bonds. The van der Waals surface area contributed by atoms with Crippen LogP contribution in [0.5, 0.6) is 11.5 Å². The Kier molecular flexibility index (Phi) is 6.67. The number of carbonyl (C=O) groups is 2. The first-order chi connectivity index (χ1) is 17.5. The van der Waals surface area contributed by atoms with Gasteiger partial charge in [0.1, 0.15) is 5.58 Å². The van der Waals surface area contributed by atoms with E-state index >= 15 is 0 Å². The van der Waals surface area contributed by atoms with Crippen LogP contribution in [0.25, 0.3) is 11.0 Å². The molecule has 2 aliphatic heterocycles. The van der Waals surface area contributed by atoms with Crippen molar-refractivity contribution in [1.82, 2.24) is 9.80 Å². The second-order valence-corrected chi connectivity index (χ2v) is 8.71. The second kappa shape index (κ2) is 10.0. The molecule has 2 aliphatic rings. The summed E-state index contributed by atoms with van der Waals surface area (Å²) in [4.78, 5) is 30.7. The van der Waals surface area contributed by atoms with E-state index < -0.39 is 23.5 Å². The molecular formula is C27H28N2O7. The second-order valence-electron chi connectivity index (χ2n) is 8.71. The Morgan fingerprint density at radius 3 is 2.50 bits per heavy atom. The maximum Gasteiger partial charge on any atom is 0.290 e. The summed E-state index contributed by atoms with van der Waals surface area (Å²) < 4.78 is 22.0. The number of para-hydroxylation sites is 1. The standard InChI is InChI=1S/C27H28N2O7/c1-33-20-8-7-18(16-21(20)34-2)24-23(25(30)22-15-17-5-3-4-6-19(17)36-22)26(31)27(32)29(24)10-9-28-11-13-35-14-12-28/h3-8,15-16,24,31H,9-14H2,1-2H3/t24-/m1/s1. The van der Waals surface area contributed by atoms with Crippen LogP contribution in [0.1, 0.15) is 22.2 Å². The summed E-state index contributed by atoms with van der Waals surface area (Å²) in [5.74, 6) is -0.664. The van der Waals surface area contributed by atoms with E-state index in [4.69, 9.17) is 18.6 Å². The normalized spacial score (nSPS) is 18.8. The highest BCUT2D eigenvalue weighted by molar-refractivity contribution is 6.16. The van der Waals surface area contributed by atoms with Gasteiger partial charge in [0.25, 0.3) is 5.91 Å². The van der Waals surface area contributed by atoms with E-state index in [0.717, 1.165) is 18.5 Å². The molecule has 188 valence electrons. The minimum atomic E-state index is -0.820. The predicted octanol–water partition coefficient (Wildman–Crippen LogP) is 3.36. The Balaban J connectivity index is 1.54. The zero-order chi connectivity index (χ0) is 25.2. The number of Topliss-reactive ketones (excluding diaryl/α,β-unsaturated/α-hetero) is 1. The number of ether oxygens (including phenoxy) is 3. The van der Waals surface area contributed by atoms with Crippen LogP contribution in [-0.4, -0.2) is 80.2 Å². The number of carbonyl (C=O) groups excluding carboxylic acids is 2. The number of amides is 1. The summed E-state index contributed by atoms with van der Waals surface area (Å²) in [6, 6.07) is 13.3. The number of rotatable bonds is 8. The molecule has 9 nitrogen and oxygen atoms in total. The van der Waals surface area contributed by atoms with Gasteiger partial charge in [0.2, 0.25) is 5.78 Å². The minimum Gasteiger partial charge on any atom is -0.503 e. The number of ketones is 1. The van der Waals surface area contributed by atoms with Gasteiger partial charge in [-0.1, -0.05) is 24.3 Å². The molecule has 1 aromatic heterocycles. The third kappa shape index (κ3) is 4.31. The molecule has 0 radical (unpaired) electrons. The number of furan rings is 1. The number of nitrogens with zero attached hydrogens (tertiary/aromatic N) is 2. The van der Waals surface area contributed by atoms with Gasteiger partial charge in [0, 0.05) is 31.6 Å². The molecule has 2 aromatic carbocycles. The van der Waals surface area contributed by atoms with Crippen molar-refractivity contribution >= 4 is 22.7 Å². The number of hydrogen-bond acceptors (Lipinski definition) is 8. The molecule has 1 N–H and O–H groups in total. The van der Waals surface area contributed by atoms with E-state index in [9.17, 15) is 14.7 Å². The summed E-state index contributed by atoms with van der Waals surface area (Å²) in [5.41, 5.74) is 1.15. The molecule has 1 atom stereocenters. The lowest BCUT2D eigenvalue weighted by Gasteiger charge is -2.31. The largest absolute Gasteiger partial charge is 0.503 e. The zero-order valence-electron chi connectivity index (χ0n) is 20.2. The summed E-state index contributed by atoms with van der Waals surface area (Å²) in [7, 11) is 3.05. The van der Waals surface area contributed by atoms with Crippen LogP contribution in [0.2, 0.25) is 0 Å². The SMILES string of the molecule is COc1ccc([C@@H]2C(C(=O)c3cc4ccccc4o3)=C(O)C(=O)N2CCN2CCOCC2)cc1OC. The first kappa shape index (κ1) is 23.9. The zero-order valence-corrected chi connectivity index (χ0v) is 20.2. The summed E-state index contributed by atoms with van der Waals surface area (Å²) in [5, 5.41) is 11.7. The highest BCUT2D eigenvalue weighted by atomic mass is 16.5. The van der Waals surface area contributed by atoms with Crippen molar-refractivity contribution in [2.24, 2.45) is 0 Å². The number of aliphatic hydroxyl groups excluding tert-OH is 1. The van der Waals surface area contributed by atoms with Gasteiger partial charge in [0.05, 0.1) is 39.0 Å². The fourth-order valence-corrected chi connectivity index (χ4v) is 4.79. The number of aliphatic hydroxyl groups is 1. The molecule has 1 saturated heterocycles. The van der Waals surface area contributed by atoms with Gasteiger partial charge in [-0.15, -0.1) is 0 Å². The van der Waals surface area contributed by atoms with Crippen LogP contribution in [0.3, 0.4) is 0 Å². The lowest BCUT2D eigenvalue weighted by atomic mass is 9.94. The molecule has 0 bridgehead atoms. The summed E-state index contributed by atoms with van der Waals surface area (Å²) in [6.45, 7) is 3.68. The van der Waals surface area contributed by atoms with E-state index in [1.54, 1.807) is 30.3 Å². The van der Waals surface area contributed by atoms with Gasteiger partial charge < -0.3 is 28.6 Å². The van der Waals surface area contributed by atoms with Crippen molar-refractivity contribution in [2.45, 2.75) is 6.04 Å². The molecule has 1 fully saturated rings. The topological polar surface area (TPSA) is 102 Å². The van der Waals surface area contributed by atoms with Crippen molar-refractivity contribution in [3.63, 3.8) is 0 Å². The number of benzene rings is 2.